The normalized spacial score (nSPS) is 11.3. The van der Waals surface area contributed by atoms with Gasteiger partial charge in [-0.15, -0.1) is 0 Å². The van der Waals surface area contributed by atoms with Gasteiger partial charge in [0.05, 0.1) is 40.2 Å². The molecule has 2 aromatic rings. The Kier molecular flexibility index (Phi) is 4.67. The number of carbonyl (C=O) groups excluding carboxylic acids is 1. The van der Waals surface area contributed by atoms with Gasteiger partial charge in [0.1, 0.15) is 0 Å². The topological polar surface area (TPSA) is 86.2 Å². The predicted molar refractivity (Wildman–Crippen MR) is 81.6 cm³/mol. The van der Waals surface area contributed by atoms with E-state index in [1.807, 2.05) is 0 Å². The summed E-state index contributed by atoms with van der Waals surface area (Å²) in [7, 11) is -2.53. The van der Waals surface area contributed by atoms with Gasteiger partial charge in [0.2, 0.25) is 0 Å². The molecule has 1 heterocycles. The number of nitrogens with zero attached hydrogens (tertiary/aromatic N) is 2. The Labute approximate surface area is 137 Å². The lowest BCUT2D eigenvalue weighted by molar-refractivity contribution is 0.0592. The maximum atomic E-state index is 14.4. The molecule has 0 N–H and O–H groups in total. The maximum Gasteiger partial charge on any atom is 0.358 e. The van der Waals surface area contributed by atoms with Crippen molar-refractivity contribution in [3.05, 3.63) is 40.6 Å². The van der Waals surface area contributed by atoms with Gasteiger partial charge in [-0.05, 0) is 19.1 Å². The smallest absolute Gasteiger partial charge is 0.358 e. The molecule has 0 radical (unpaired) electrons. The summed E-state index contributed by atoms with van der Waals surface area (Å²) in [6.07, 6.45) is 2.05. The summed E-state index contributed by atoms with van der Waals surface area (Å²) in [4.78, 5) is 19.2. The van der Waals surface area contributed by atoms with E-state index >= 15 is 0 Å². The minimum absolute atomic E-state index is 0.0420. The zero-order valence-corrected chi connectivity index (χ0v) is 14.0. The van der Waals surface area contributed by atoms with Gasteiger partial charge in [-0.1, -0.05) is 11.6 Å². The third-order valence-electron chi connectivity index (χ3n) is 3.04. The van der Waals surface area contributed by atoms with Crippen LogP contribution in [0.5, 0.6) is 0 Å². The number of carbonyl (C=O) groups is 1. The molecule has 0 unspecified atom stereocenters. The molecule has 6 nitrogen and oxygen atoms in total. The van der Waals surface area contributed by atoms with Gasteiger partial charge in [-0.2, -0.15) is 0 Å². The molecular formula is C14H12ClFN2O4S. The molecule has 9 heteroatoms. The first-order valence-electron chi connectivity index (χ1n) is 6.27. The summed E-state index contributed by atoms with van der Waals surface area (Å²) in [6.45, 7) is 1.48. The number of halogens is 2. The number of benzene rings is 1. The van der Waals surface area contributed by atoms with E-state index in [-0.39, 0.29) is 32.6 Å². The van der Waals surface area contributed by atoms with E-state index in [2.05, 4.69) is 14.7 Å². The van der Waals surface area contributed by atoms with Crippen LogP contribution in [0.15, 0.2) is 23.2 Å². The molecule has 0 amide bonds. The standard InChI is InChI=1S/C14H12ClFN2O4S/c1-7-13(14(19)22-2)17-6-9(18-7)11-10(23(3,20)21)5-4-8(15)12(11)16/h4-6H,1-3H3. The molecule has 0 aliphatic heterocycles. The summed E-state index contributed by atoms with van der Waals surface area (Å²) >= 11 is 5.74. The van der Waals surface area contributed by atoms with Crippen molar-refractivity contribution in [2.45, 2.75) is 11.8 Å². The third-order valence-corrected chi connectivity index (χ3v) is 4.47. The van der Waals surface area contributed by atoms with Crippen molar-refractivity contribution >= 4 is 27.4 Å². The molecule has 0 saturated carbocycles. The number of ether oxygens (including phenoxy) is 1. The van der Waals surface area contributed by atoms with Gasteiger partial charge in [0, 0.05) is 6.26 Å². The van der Waals surface area contributed by atoms with Gasteiger partial charge in [-0.25, -0.2) is 27.6 Å². The summed E-state index contributed by atoms with van der Waals surface area (Å²) in [5.41, 5.74) is -0.199. The first-order valence-corrected chi connectivity index (χ1v) is 8.54. The summed E-state index contributed by atoms with van der Waals surface area (Å²) in [5, 5.41) is -0.246. The van der Waals surface area contributed by atoms with E-state index in [1.54, 1.807) is 0 Å². The lowest BCUT2D eigenvalue weighted by Crippen LogP contribution is -2.10. The van der Waals surface area contributed by atoms with Crippen LogP contribution in [0.3, 0.4) is 0 Å². The highest BCUT2D eigenvalue weighted by Crippen LogP contribution is 2.33. The molecular weight excluding hydrogens is 347 g/mol. The number of aryl methyl sites for hydroxylation is 1. The first kappa shape index (κ1) is 17.3. The van der Waals surface area contributed by atoms with Crippen LogP contribution in [0.4, 0.5) is 4.39 Å². The van der Waals surface area contributed by atoms with Crippen LogP contribution >= 0.6 is 11.6 Å². The quantitative estimate of drug-likeness (QED) is 0.783. The van der Waals surface area contributed by atoms with Crippen molar-refractivity contribution < 1.29 is 22.3 Å². The Balaban J connectivity index is 2.75. The summed E-state index contributed by atoms with van der Waals surface area (Å²) < 4.78 is 42.7. The van der Waals surface area contributed by atoms with Crippen LogP contribution in [-0.2, 0) is 14.6 Å². The van der Waals surface area contributed by atoms with Crippen LogP contribution < -0.4 is 0 Å². The monoisotopic (exact) mass is 358 g/mol. The summed E-state index contributed by atoms with van der Waals surface area (Å²) in [6, 6.07) is 2.35. The minimum Gasteiger partial charge on any atom is -0.464 e. The van der Waals surface area contributed by atoms with E-state index < -0.39 is 21.6 Å². The van der Waals surface area contributed by atoms with Crippen LogP contribution in [0.1, 0.15) is 16.2 Å². The molecule has 1 aromatic heterocycles. The largest absolute Gasteiger partial charge is 0.464 e. The molecule has 0 bridgehead atoms. The number of sulfone groups is 1. The Morgan fingerprint density at radius 2 is 2.00 bits per heavy atom. The molecule has 0 fully saturated rings. The highest BCUT2D eigenvalue weighted by Gasteiger charge is 2.23. The minimum atomic E-state index is -3.72. The van der Waals surface area contributed by atoms with Gasteiger partial charge in [0.15, 0.2) is 21.3 Å². The van der Waals surface area contributed by atoms with Crippen molar-refractivity contribution in [3.63, 3.8) is 0 Å². The lowest BCUT2D eigenvalue weighted by atomic mass is 10.1. The average molecular weight is 359 g/mol. The number of aromatic nitrogens is 2. The van der Waals surface area contributed by atoms with E-state index in [1.165, 1.54) is 20.1 Å². The zero-order valence-electron chi connectivity index (χ0n) is 12.4. The number of esters is 1. The number of hydrogen-bond donors (Lipinski definition) is 0. The second-order valence-electron chi connectivity index (χ2n) is 4.69. The SMILES string of the molecule is COC(=O)c1ncc(-c2c(S(C)(=O)=O)ccc(Cl)c2F)nc1C. The molecule has 2 rings (SSSR count). The molecule has 0 atom stereocenters. The predicted octanol–water partition coefficient (Wildman–Crippen LogP) is 2.43. The van der Waals surface area contributed by atoms with Gasteiger partial charge in [0.25, 0.3) is 0 Å². The van der Waals surface area contributed by atoms with Gasteiger partial charge < -0.3 is 4.74 Å². The number of hydrogen-bond acceptors (Lipinski definition) is 6. The second-order valence-corrected chi connectivity index (χ2v) is 7.08. The van der Waals surface area contributed by atoms with Crippen LogP contribution in [-0.4, -0.2) is 37.7 Å². The third kappa shape index (κ3) is 3.32. The fraction of sp³-hybridized carbons (Fsp3) is 0.214. The van der Waals surface area contributed by atoms with Crippen molar-refractivity contribution in [1.29, 1.82) is 0 Å². The van der Waals surface area contributed by atoms with Crippen molar-refractivity contribution in [2.75, 3.05) is 13.4 Å². The molecule has 1 aromatic carbocycles. The van der Waals surface area contributed by atoms with Gasteiger partial charge >= 0.3 is 5.97 Å². The fourth-order valence-corrected chi connectivity index (χ4v) is 3.02. The van der Waals surface area contributed by atoms with Crippen molar-refractivity contribution in [3.8, 4) is 11.3 Å². The second kappa shape index (κ2) is 6.21. The molecule has 0 saturated heterocycles. The Bertz CT molecular complexity index is 900. The Morgan fingerprint density at radius 3 is 2.52 bits per heavy atom. The van der Waals surface area contributed by atoms with Gasteiger partial charge in [-0.3, -0.25) is 0 Å². The van der Waals surface area contributed by atoms with E-state index in [4.69, 9.17) is 11.6 Å². The molecule has 0 aliphatic rings. The Morgan fingerprint density at radius 1 is 1.35 bits per heavy atom. The van der Waals surface area contributed by atoms with Crippen LogP contribution in [0.2, 0.25) is 5.02 Å². The maximum absolute atomic E-state index is 14.4. The van der Waals surface area contributed by atoms with Crippen molar-refractivity contribution in [1.82, 2.24) is 9.97 Å². The molecule has 0 spiro atoms. The number of rotatable bonds is 3. The fourth-order valence-electron chi connectivity index (χ4n) is 1.98. The van der Waals surface area contributed by atoms with E-state index in [0.29, 0.717) is 0 Å². The van der Waals surface area contributed by atoms with E-state index in [0.717, 1.165) is 18.5 Å². The molecule has 0 aliphatic carbocycles. The average Bonchev–Trinajstić information content (AvgIpc) is 2.47. The van der Waals surface area contributed by atoms with Crippen molar-refractivity contribution in [2.24, 2.45) is 0 Å². The summed E-state index contributed by atoms with van der Waals surface area (Å²) in [5.74, 6) is -1.62. The lowest BCUT2D eigenvalue weighted by Gasteiger charge is -2.11. The van der Waals surface area contributed by atoms with Crippen LogP contribution in [0, 0.1) is 12.7 Å². The molecule has 23 heavy (non-hydrogen) atoms. The highest BCUT2D eigenvalue weighted by atomic mass is 35.5. The van der Waals surface area contributed by atoms with Crippen LogP contribution in [0.25, 0.3) is 11.3 Å². The highest BCUT2D eigenvalue weighted by molar-refractivity contribution is 7.90. The van der Waals surface area contributed by atoms with E-state index in [9.17, 15) is 17.6 Å². The zero-order chi connectivity index (χ0) is 17.4. The Hall–Kier alpha value is -2.06. The first-order chi connectivity index (χ1) is 10.7. The molecule has 122 valence electrons. The number of methoxy groups -OCH3 is 1.